The number of nitrogen functional groups attached to an aromatic ring is 1. The van der Waals surface area contributed by atoms with Gasteiger partial charge in [-0.15, -0.1) is 0 Å². The van der Waals surface area contributed by atoms with E-state index in [4.69, 9.17) is 31.1 Å². The first-order valence-corrected chi connectivity index (χ1v) is 8.06. The Morgan fingerprint density at radius 3 is 2.32 bits per heavy atom. The third-order valence-corrected chi connectivity index (χ3v) is 4.80. The summed E-state index contributed by atoms with van der Waals surface area (Å²) in [6.45, 7) is 4.13. The molecule has 0 radical (unpaired) electrons. The lowest BCUT2D eigenvalue weighted by Crippen LogP contribution is -2.01. The van der Waals surface area contributed by atoms with E-state index in [2.05, 4.69) is 0 Å². The van der Waals surface area contributed by atoms with Gasteiger partial charge in [0.05, 0.1) is 32.2 Å². The molecule has 1 aromatic rings. The predicted molar refractivity (Wildman–Crippen MR) is 77.0 cm³/mol. The van der Waals surface area contributed by atoms with Crippen LogP contribution >= 0.6 is 19.2 Å². The molecule has 108 valence electrons. The van der Waals surface area contributed by atoms with Crippen LogP contribution in [-0.2, 0) is 19.8 Å². The lowest BCUT2D eigenvalue weighted by atomic mass is 10.2. The highest BCUT2D eigenvalue weighted by Crippen LogP contribution is 2.52. The third kappa shape index (κ3) is 4.39. The molecule has 1 rings (SSSR count). The van der Waals surface area contributed by atoms with E-state index in [1.807, 2.05) is 0 Å². The number of halogens is 1. The van der Waals surface area contributed by atoms with Gasteiger partial charge < -0.3 is 19.5 Å². The molecule has 0 unspecified atom stereocenters. The van der Waals surface area contributed by atoms with Crippen LogP contribution in [0.3, 0.4) is 0 Å². The normalized spacial score (nSPS) is 11.6. The van der Waals surface area contributed by atoms with Crippen molar-refractivity contribution in [3.05, 3.63) is 22.7 Å². The number of rotatable bonds is 7. The second-order valence-corrected chi connectivity index (χ2v) is 6.25. The first-order chi connectivity index (χ1) is 8.95. The van der Waals surface area contributed by atoms with Crippen LogP contribution in [0.4, 0.5) is 5.69 Å². The molecule has 1 aromatic carbocycles. The highest BCUT2D eigenvalue weighted by molar-refractivity contribution is 7.53. The number of ether oxygens (including phenoxy) is 1. The number of anilines is 1. The fourth-order valence-electron chi connectivity index (χ4n) is 1.64. The molecule has 19 heavy (non-hydrogen) atoms. The van der Waals surface area contributed by atoms with Gasteiger partial charge in [-0.05, 0) is 31.5 Å². The highest BCUT2D eigenvalue weighted by atomic mass is 35.5. The van der Waals surface area contributed by atoms with Crippen molar-refractivity contribution in [2.24, 2.45) is 0 Å². The van der Waals surface area contributed by atoms with Crippen LogP contribution < -0.4 is 10.5 Å². The molecule has 0 aliphatic heterocycles. The van der Waals surface area contributed by atoms with Gasteiger partial charge in [-0.2, -0.15) is 0 Å². The number of methoxy groups -OCH3 is 1. The van der Waals surface area contributed by atoms with E-state index in [1.165, 1.54) is 7.11 Å². The van der Waals surface area contributed by atoms with Crippen LogP contribution in [0.1, 0.15) is 19.4 Å². The molecule has 0 fully saturated rings. The van der Waals surface area contributed by atoms with Crippen molar-refractivity contribution < 1.29 is 18.3 Å². The van der Waals surface area contributed by atoms with Gasteiger partial charge in [0.2, 0.25) is 0 Å². The number of hydrogen-bond donors (Lipinski definition) is 1. The maximum Gasteiger partial charge on any atom is 0.335 e. The van der Waals surface area contributed by atoms with E-state index in [0.717, 1.165) is 0 Å². The van der Waals surface area contributed by atoms with E-state index >= 15 is 0 Å². The molecule has 2 N–H and O–H groups in total. The first kappa shape index (κ1) is 16.3. The minimum Gasteiger partial charge on any atom is -0.495 e. The maximum absolute atomic E-state index is 12.4. The molecule has 0 aliphatic carbocycles. The van der Waals surface area contributed by atoms with E-state index in [9.17, 15) is 4.57 Å². The summed E-state index contributed by atoms with van der Waals surface area (Å²) in [6, 6.07) is 3.22. The van der Waals surface area contributed by atoms with Crippen molar-refractivity contribution >= 4 is 24.9 Å². The predicted octanol–water partition coefficient (Wildman–Crippen LogP) is 3.70. The van der Waals surface area contributed by atoms with Gasteiger partial charge in [0.25, 0.3) is 0 Å². The Bertz CT molecular complexity index is 471. The molecule has 0 amide bonds. The van der Waals surface area contributed by atoms with Crippen molar-refractivity contribution in [1.82, 2.24) is 0 Å². The monoisotopic (exact) mass is 307 g/mol. The van der Waals surface area contributed by atoms with Crippen molar-refractivity contribution in [3.63, 3.8) is 0 Å². The summed E-state index contributed by atoms with van der Waals surface area (Å²) < 4.78 is 28.0. The molecular weight excluding hydrogens is 289 g/mol. The van der Waals surface area contributed by atoms with Gasteiger partial charge in [0.1, 0.15) is 5.75 Å². The summed E-state index contributed by atoms with van der Waals surface area (Å²) in [5.41, 5.74) is 6.79. The summed E-state index contributed by atoms with van der Waals surface area (Å²) in [5, 5.41) is 0.415. The lowest BCUT2D eigenvalue weighted by molar-refractivity contribution is 0.219. The quantitative estimate of drug-likeness (QED) is 0.614. The molecule has 0 heterocycles. The second-order valence-electron chi connectivity index (χ2n) is 3.79. The van der Waals surface area contributed by atoms with Gasteiger partial charge in [-0.3, -0.25) is 4.57 Å². The summed E-state index contributed by atoms with van der Waals surface area (Å²) >= 11 is 6.10. The van der Waals surface area contributed by atoms with Crippen LogP contribution in [-0.4, -0.2) is 20.3 Å². The minimum atomic E-state index is -3.19. The van der Waals surface area contributed by atoms with E-state index in [1.54, 1.807) is 26.0 Å². The standard InChI is InChI=1S/C12H19ClNO4P/c1-4-17-19(15,18-5-2)8-9-6-12(16-3)11(14)7-10(9)13/h6-7H,4-5,8,14H2,1-3H3. The fourth-order valence-corrected chi connectivity index (χ4v) is 3.69. The molecule has 0 spiro atoms. The Kier molecular flexibility index (Phi) is 6.14. The van der Waals surface area contributed by atoms with Gasteiger partial charge in [-0.25, -0.2) is 0 Å². The Balaban J connectivity index is 3.05. The number of nitrogens with two attached hydrogens (primary N) is 1. The van der Waals surface area contributed by atoms with Crippen molar-refractivity contribution in [2.75, 3.05) is 26.1 Å². The van der Waals surface area contributed by atoms with Crippen LogP contribution in [0, 0.1) is 0 Å². The van der Waals surface area contributed by atoms with E-state index in [-0.39, 0.29) is 6.16 Å². The van der Waals surface area contributed by atoms with Crippen LogP contribution in [0.2, 0.25) is 5.02 Å². The molecule has 5 nitrogen and oxygen atoms in total. The van der Waals surface area contributed by atoms with Gasteiger partial charge in [0.15, 0.2) is 0 Å². The van der Waals surface area contributed by atoms with Crippen LogP contribution in [0.15, 0.2) is 12.1 Å². The van der Waals surface area contributed by atoms with Crippen LogP contribution in [0.5, 0.6) is 5.75 Å². The largest absolute Gasteiger partial charge is 0.495 e. The smallest absolute Gasteiger partial charge is 0.335 e. The fraction of sp³-hybridized carbons (Fsp3) is 0.500. The zero-order valence-electron chi connectivity index (χ0n) is 11.3. The van der Waals surface area contributed by atoms with Gasteiger partial charge in [-0.1, -0.05) is 11.6 Å². The molecule has 0 saturated heterocycles. The summed E-state index contributed by atoms with van der Waals surface area (Å²) in [6.07, 6.45) is 0.0875. The number of hydrogen-bond acceptors (Lipinski definition) is 5. The van der Waals surface area contributed by atoms with Crippen molar-refractivity contribution in [2.45, 2.75) is 20.0 Å². The average molecular weight is 308 g/mol. The van der Waals surface area contributed by atoms with Crippen molar-refractivity contribution in [3.8, 4) is 5.75 Å². The number of benzene rings is 1. The Morgan fingerprint density at radius 1 is 1.26 bits per heavy atom. The lowest BCUT2D eigenvalue weighted by Gasteiger charge is -2.18. The van der Waals surface area contributed by atoms with E-state index < -0.39 is 7.60 Å². The SMILES string of the molecule is CCOP(=O)(Cc1cc(OC)c(N)cc1Cl)OCC. The molecule has 0 atom stereocenters. The molecular formula is C12H19ClNO4P. The Hall–Kier alpha value is -0.740. The van der Waals surface area contributed by atoms with Gasteiger partial charge in [0, 0.05) is 5.02 Å². The van der Waals surface area contributed by atoms with Crippen LogP contribution in [0.25, 0.3) is 0 Å². The van der Waals surface area contributed by atoms with E-state index in [0.29, 0.717) is 35.2 Å². The molecule has 0 saturated carbocycles. The second kappa shape index (κ2) is 7.15. The summed E-state index contributed by atoms with van der Waals surface area (Å²) in [4.78, 5) is 0. The topological polar surface area (TPSA) is 70.8 Å². The van der Waals surface area contributed by atoms with Gasteiger partial charge >= 0.3 is 7.60 Å². The zero-order valence-corrected chi connectivity index (χ0v) is 13.0. The zero-order chi connectivity index (χ0) is 14.5. The highest BCUT2D eigenvalue weighted by Gasteiger charge is 2.26. The molecule has 0 aliphatic rings. The Morgan fingerprint density at radius 2 is 1.84 bits per heavy atom. The molecule has 0 aromatic heterocycles. The third-order valence-electron chi connectivity index (χ3n) is 2.41. The Labute approximate surface area is 118 Å². The minimum absolute atomic E-state index is 0.0875. The molecule has 7 heteroatoms. The maximum atomic E-state index is 12.4. The molecule has 0 bridgehead atoms. The average Bonchev–Trinajstić information content (AvgIpc) is 2.33. The first-order valence-electron chi connectivity index (χ1n) is 5.95. The summed E-state index contributed by atoms with van der Waals surface area (Å²) in [7, 11) is -1.69. The summed E-state index contributed by atoms with van der Waals surface area (Å²) in [5.74, 6) is 0.485. The van der Waals surface area contributed by atoms with Crippen molar-refractivity contribution in [1.29, 1.82) is 0 Å².